The molecule has 1 aromatic rings. The number of carbonyl (C=O) groups is 1. The molecule has 0 saturated carbocycles. The Balaban J connectivity index is 2.01. The van der Waals surface area contributed by atoms with E-state index >= 15 is 0 Å². The maximum atomic E-state index is 12.4. The number of rotatable bonds is 3. The Labute approximate surface area is 126 Å². The second-order valence-corrected chi connectivity index (χ2v) is 5.24. The van der Waals surface area contributed by atoms with Gasteiger partial charge in [0.15, 0.2) is 6.61 Å². The average Bonchev–Trinajstić information content (AvgIpc) is 2.47. The summed E-state index contributed by atoms with van der Waals surface area (Å²) in [5.41, 5.74) is 0.306. The summed E-state index contributed by atoms with van der Waals surface area (Å²) in [6.45, 7) is 3.25. The number of amides is 1. The fourth-order valence-corrected chi connectivity index (χ4v) is 2.10. The van der Waals surface area contributed by atoms with Gasteiger partial charge in [-0.25, -0.2) is 4.98 Å². The number of morpholine rings is 1. The molecular weight excluding hydrogens is 301 g/mol. The maximum absolute atomic E-state index is 12.4. The summed E-state index contributed by atoms with van der Waals surface area (Å²) in [5, 5.41) is 0. The van der Waals surface area contributed by atoms with Crippen LogP contribution in [0.1, 0.15) is 24.2 Å². The van der Waals surface area contributed by atoms with E-state index in [1.807, 2.05) is 13.8 Å². The average molecular weight is 318 g/mol. The zero-order valence-corrected chi connectivity index (χ0v) is 12.3. The van der Waals surface area contributed by atoms with Crippen molar-refractivity contribution in [2.75, 3.05) is 19.8 Å². The SMILES string of the molecule is C[C@@H]1CN(C(=O)c2ccc(OCC(F)(F)F)nc2)[C@H](C)CO1. The topological polar surface area (TPSA) is 51.7 Å². The first kappa shape index (κ1) is 16.5. The fraction of sp³-hybridized carbons (Fsp3) is 0.571. The van der Waals surface area contributed by atoms with Crippen LogP contribution < -0.4 is 4.74 Å². The van der Waals surface area contributed by atoms with Gasteiger partial charge in [0.25, 0.3) is 5.91 Å². The lowest BCUT2D eigenvalue weighted by Gasteiger charge is -2.36. The molecule has 0 aromatic carbocycles. The molecule has 2 heterocycles. The highest BCUT2D eigenvalue weighted by Gasteiger charge is 2.30. The van der Waals surface area contributed by atoms with E-state index in [4.69, 9.17) is 4.74 Å². The Bertz CT molecular complexity index is 519. The van der Waals surface area contributed by atoms with Crippen LogP contribution in [0.4, 0.5) is 13.2 Å². The van der Waals surface area contributed by atoms with Gasteiger partial charge < -0.3 is 14.4 Å². The number of halogens is 3. The number of alkyl halides is 3. The molecule has 5 nitrogen and oxygen atoms in total. The fourth-order valence-electron chi connectivity index (χ4n) is 2.10. The summed E-state index contributed by atoms with van der Waals surface area (Å²) >= 11 is 0. The van der Waals surface area contributed by atoms with Crippen LogP contribution in [0.15, 0.2) is 18.3 Å². The van der Waals surface area contributed by atoms with Crippen LogP contribution in [-0.2, 0) is 4.74 Å². The van der Waals surface area contributed by atoms with E-state index in [1.54, 1.807) is 4.90 Å². The second-order valence-electron chi connectivity index (χ2n) is 5.24. The van der Waals surface area contributed by atoms with Crippen molar-refractivity contribution in [2.24, 2.45) is 0 Å². The molecule has 1 aliphatic rings. The molecule has 0 bridgehead atoms. The first-order chi connectivity index (χ1) is 10.3. The monoisotopic (exact) mass is 318 g/mol. The van der Waals surface area contributed by atoms with Gasteiger partial charge in [-0.3, -0.25) is 4.79 Å². The van der Waals surface area contributed by atoms with Crippen molar-refractivity contribution in [3.63, 3.8) is 0 Å². The van der Waals surface area contributed by atoms with E-state index < -0.39 is 12.8 Å². The number of pyridine rings is 1. The van der Waals surface area contributed by atoms with E-state index in [-0.39, 0.29) is 23.9 Å². The second kappa shape index (κ2) is 6.51. The van der Waals surface area contributed by atoms with Crippen LogP contribution in [0, 0.1) is 0 Å². The Morgan fingerprint density at radius 1 is 1.45 bits per heavy atom. The van der Waals surface area contributed by atoms with Crippen molar-refractivity contribution in [1.29, 1.82) is 0 Å². The van der Waals surface area contributed by atoms with Crippen molar-refractivity contribution in [3.05, 3.63) is 23.9 Å². The van der Waals surface area contributed by atoms with Gasteiger partial charge in [-0.15, -0.1) is 0 Å². The van der Waals surface area contributed by atoms with Gasteiger partial charge in [0.05, 0.1) is 24.3 Å². The normalized spacial score (nSPS) is 22.5. The van der Waals surface area contributed by atoms with Gasteiger partial charge in [0.1, 0.15) is 0 Å². The van der Waals surface area contributed by atoms with Crippen LogP contribution in [-0.4, -0.2) is 53.9 Å². The first-order valence-electron chi connectivity index (χ1n) is 6.84. The summed E-state index contributed by atoms with van der Waals surface area (Å²) < 4.78 is 46.1. The minimum atomic E-state index is -4.42. The third-order valence-electron chi connectivity index (χ3n) is 3.24. The van der Waals surface area contributed by atoms with E-state index in [0.29, 0.717) is 18.7 Å². The molecule has 1 aliphatic heterocycles. The third-order valence-corrected chi connectivity index (χ3v) is 3.24. The molecule has 1 fully saturated rings. The molecule has 2 atom stereocenters. The molecule has 2 rings (SSSR count). The highest BCUT2D eigenvalue weighted by Crippen LogP contribution is 2.19. The highest BCUT2D eigenvalue weighted by molar-refractivity contribution is 5.94. The van der Waals surface area contributed by atoms with Crippen molar-refractivity contribution < 1.29 is 27.4 Å². The molecule has 1 saturated heterocycles. The molecule has 0 radical (unpaired) electrons. The van der Waals surface area contributed by atoms with Crippen molar-refractivity contribution in [1.82, 2.24) is 9.88 Å². The van der Waals surface area contributed by atoms with Gasteiger partial charge in [-0.05, 0) is 19.9 Å². The van der Waals surface area contributed by atoms with Gasteiger partial charge in [-0.2, -0.15) is 13.2 Å². The maximum Gasteiger partial charge on any atom is 0.422 e. The zero-order valence-electron chi connectivity index (χ0n) is 12.3. The van der Waals surface area contributed by atoms with Gasteiger partial charge in [-0.1, -0.05) is 0 Å². The van der Waals surface area contributed by atoms with Gasteiger partial charge in [0.2, 0.25) is 5.88 Å². The van der Waals surface area contributed by atoms with E-state index in [0.717, 1.165) is 0 Å². The van der Waals surface area contributed by atoms with Crippen LogP contribution in [0.3, 0.4) is 0 Å². The van der Waals surface area contributed by atoms with Gasteiger partial charge in [0, 0.05) is 18.8 Å². The predicted molar refractivity (Wildman–Crippen MR) is 71.7 cm³/mol. The Hall–Kier alpha value is -1.83. The third kappa shape index (κ3) is 4.33. The molecule has 22 heavy (non-hydrogen) atoms. The minimum Gasteiger partial charge on any atom is -0.468 e. The Morgan fingerprint density at radius 3 is 2.77 bits per heavy atom. The van der Waals surface area contributed by atoms with E-state index in [9.17, 15) is 18.0 Å². The smallest absolute Gasteiger partial charge is 0.422 e. The Morgan fingerprint density at radius 2 is 2.18 bits per heavy atom. The largest absolute Gasteiger partial charge is 0.468 e. The molecule has 0 unspecified atom stereocenters. The van der Waals surface area contributed by atoms with E-state index in [1.165, 1.54) is 18.3 Å². The number of carbonyl (C=O) groups excluding carboxylic acids is 1. The molecule has 0 spiro atoms. The zero-order chi connectivity index (χ0) is 16.3. The number of aromatic nitrogens is 1. The number of hydrogen-bond donors (Lipinski definition) is 0. The molecule has 8 heteroatoms. The lowest BCUT2D eigenvalue weighted by molar-refractivity contribution is -0.154. The van der Waals surface area contributed by atoms with E-state index in [2.05, 4.69) is 9.72 Å². The summed E-state index contributed by atoms with van der Waals surface area (Å²) in [6, 6.07) is 2.60. The molecule has 1 aromatic heterocycles. The molecule has 0 aliphatic carbocycles. The summed E-state index contributed by atoms with van der Waals surface area (Å²) in [6.07, 6.45) is -3.25. The van der Waals surface area contributed by atoms with Gasteiger partial charge >= 0.3 is 6.18 Å². The predicted octanol–water partition coefficient (Wildman–Crippen LogP) is 2.27. The standard InChI is InChI=1S/C14H17F3N2O3/c1-9-7-21-10(2)6-19(9)13(20)11-3-4-12(18-5-11)22-8-14(15,16)17/h3-5,9-10H,6-8H2,1-2H3/t9-,10-/m1/s1. The summed E-state index contributed by atoms with van der Waals surface area (Å²) in [4.78, 5) is 17.8. The molecule has 1 amide bonds. The highest BCUT2D eigenvalue weighted by atomic mass is 19.4. The quantitative estimate of drug-likeness (QED) is 0.858. The van der Waals surface area contributed by atoms with Crippen molar-refractivity contribution in [2.45, 2.75) is 32.2 Å². The molecular formula is C14H17F3N2O3. The minimum absolute atomic E-state index is 0.0532. The summed E-state index contributed by atoms with van der Waals surface area (Å²) in [5.74, 6) is -0.394. The number of ether oxygens (including phenoxy) is 2. The Kier molecular flexibility index (Phi) is 4.90. The molecule has 122 valence electrons. The number of hydrogen-bond acceptors (Lipinski definition) is 4. The van der Waals surface area contributed by atoms with Crippen molar-refractivity contribution >= 4 is 5.91 Å². The lowest BCUT2D eigenvalue weighted by Crippen LogP contribution is -2.50. The van der Waals surface area contributed by atoms with Crippen LogP contribution >= 0.6 is 0 Å². The van der Waals surface area contributed by atoms with Crippen molar-refractivity contribution in [3.8, 4) is 5.88 Å². The lowest BCUT2D eigenvalue weighted by atomic mass is 10.1. The van der Waals surface area contributed by atoms with Crippen LogP contribution in [0.25, 0.3) is 0 Å². The first-order valence-corrected chi connectivity index (χ1v) is 6.84. The van der Waals surface area contributed by atoms with Crippen LogP contribution in [0.5, 0.6) is 5.88 Å². The summed E-state index contributed by atoms with van der Waals surface area (Å²) in [7, 11) is 0. The number of nitrogens with zero attached hydrogens (tertiary/aromatic N) is 2. The van der Waals surface area contributed by atoms with Crippen LogP contribution in [0.2, 0.25) is 0 Å². The molecule has 0 N–H and O–H groups in total.